The van der Waals surface area contributed by atoms with E-state index in [9.17, 15) is 0 Å². The van der Waals surface area contributed by atoms with Gasteiger partial charge in [0.1, 0.15) is 5.82 Å². The van der Waals surface area contributed by atoms with Gasteiger partial charge in [-0.2, -0.15) is 0 Å². The van der Waals surface area contributed by atoms with Crippen molar-refractivity contribution >= 4 is 10.9 Å². The van der Waals surface area contributed by atoms with Crippen LogP contribution in [0.3, 0.4) is 0 Å². The average Bonchev–Trinajstić information content (AvgIpc) is 2.64. The summed E-state index contributed by atoms with van der Waals surface area (Å²) in [6.07, 6.45) is 1.83. The molecule has 2 heterocycles. The van der Waals surface area contributed by atoms with Crippen molar-refractivity contribution in [1.82, 2.24) is 9.55 Å². The number of pyridine rings is 1. The zero-order valence-electron chi connectivity index (χ0n) is 10.0. The number of nitrogens with zero attached hydrogens (tertiary/aromatic N) is 2. The lowest BCUT2D eigenvalue weighted by molar-refractivity contribution is 0.985. The van der Waals surface area contributed by atoms with Crippen LogP contribution in [0, 0.1) is 13.8 Å². The fraction of sp³-hybridized carbons (Fsp3) is 0.133. The van der Waals surface area contributed by atoms with Crippen LogP contribution in [0.4, 0.5) is 0 Å². The molecule has 0 atom stereocenters. The summed E-state index contributed by atoms with van der Waals surface area (Å²) in [6, 6.07) is 14.5. The molecule has 0 aliphatic carbocycles. The van der Waals surface area contributed by atoms with Crippen LogP contribution in [0.5, 0.6) is 0 Å². The number of benzene rings is 1. The van der Waals surface area contributed by atoms with Gasteiger partial charge in [0.25, 0.3) is 0 Å². The molecule has 0 amide bonds. The molecular weight excluding hydrogens is 208 g/mol. The predicted molar refractivity (Wildman–Crippen MR) is 70.5 cm³/mol. The number of aromatic nitrogens is 2. The zero-order chi connectivity index (χ0) is 11.8. The van der Waals surface area contributed by atoms with Crippen LogP contribution in [-0.2, 0) is 0 Å². The predicted octanol–water partition coefficient (Wildman–Crippen LogP) is 3.64. The molecule has 84 valence electrons. The molecule has 3 aromatic rings. The van der Waals surface area contributed by atoms with Crippen molar-refractivity contribution in [3.63, 3.8) is 0 Å². The molecule has 17 heavy (non-hydrogen) atoms. The van der Waals surface area contributed by atoms with Gasteiger partial charge in [0, 0.05) is 17.3 Å². The summed E-state index contributed by atoms with van der Waals surface area (Å²) in [7, 11) is 0. The molecule has 0 spiro atoms. The highest BCUT2D eigenvalue weighted by Gasteiger charge is 2.11. The average molecular weight is 222 g/mol. The van der Waals surface area contributed by atoms with E-state index in [1.165, 1.54) is 22.2 Å². The summed E-state index contributed by atoms with van der Waals surface area (Å²) < 4.78 is 2.21. The molecule has 3 rings (SSSR count). The maximum atomic E-state index is 4.44. The first kappa shape index (κ1) is 10.1. The molecule has 0 saturated heterocycles. The van der Waals surface area contributed by atoms with E-state index < -0.39 is 0 Å². The summed E-state index contributed by atoms with van der Waals surface area (Å²) in [6.45, 7) is 4.31. The van der Waals surface area contributed by atoms with Crippen LogP contribution >= 0.6 is 0 Å². The number of hydrogen-bond donors (Lipinski definition) is 0. The smallest absolute Gasteiger partial charge is 0.137 e. The molecule has 2 heteroatoms. The maximum Gasteiger partial charge on any atom is 0.137 e. The molecule has 0 radical (unpaired) electrons. The fourth-order valence-corrected chi connectivity index (χ4v) is 2.31. The standard InChI is InChI=1S/C15H14N2/c1-11-12(2)17(15-9-5-6-10-16-15)14-8-4-3-7-13(11)14/h3-10H,1-2H3. The number of rotatable bonds is 1. The van der Waals surface area contributed by atoms with Gasteiger partial charge in [0.05, 0.1) is 5.52 Å². The Kier molecular flexibility index (Phi) is 2.22. The van der Waals surface area contributed by atoms with E-state index in [4.69, 9.17) is 0 Å². The summed E-state index contributed by atoms with van der Waals surface area (Å²) >= 11 is 0. The lowest BCUT2D eigenvalue weighted by atomic mass is 10.2. The van der Waals surface area contributed by atoms with Crippen molar-refractivity contribution in [2.45, 2.75) is 13.8 Å². The van der Waals surface area contributed by atoms with Crippen LogP contribution in [0.15, 0.2) is 48.7 Å². The highest BCUT2D eigenvalue weighted by Crippen LogP contribution is 2.27. The SMILES string of the molecule is Cc1c(C)n(-c2ccccn2)c2ccccc12. The highest BCUT2D eigenvalue weighted by molar-refractivity contribution is 5.86. The van der Waals surface area contributed by atoms with Gasteiger partial charge in [-0.1, -0.05) is 24.3 Å². The lowest BCUT2D eigenvalue weighted by Crippen LogP contribution is -1.98. The molecule has 0 aliphatic rings. The topological polar surface area (TPSA) is 17.8 Å². The third-order valence-corrected chi connectivity index (χ3v) is 3.31. The minimum atomic E-state index is 0.981. The third-order valence-electron chi connectivity index (χ3n) is 3.31. The molecule has 0 saturated carbocycles. The summed E-state index contributed by atoms with van der Waals surface area (Å²) in [4.78, 5) is 4.44. The van der Waals surface area contributed by atoms with Crippen LogP contribution in [0.25, 0.3) is 16.7 Å². The Hall–Kier alpha value is -2.09. The first-order chi connectivity index (χ1) is 8.29. The first-order valence-corrected chi connectivity index (χ1v) is 5.77. The van der Waals surface area contributed by atoms with Crippen molar-refractivity contribution in [2.24, 2.45) is 0 Å². The first-order valence-electron chi connectivity index (χ1n) is 5.77. The zero-order valence-corrected chi connectivity index (χ0v) is 10.0. The Labute approximate surface area is 101 Å². The van der Waals surface area contributed by atoms with Gasteiger partial charge in [0.2, 0.25) is 0 Å². The number of hydrogen-bond acceptors (Lipinski definition) is 1. The molecule has 0 aliphatic heterocycles. The number of para-hydroxylation sites is 1. The Morgan fingerprint density at radius 2 is 1.71 bits per heavy atom. The molecular formula is C15H14N2. The van der Waals surface area contributed by atoms with E-state index in [1.54, 1.807) is 0 Å². The minimum Gasteiger partial charge on any atom is -0.298 e. The third kappa shape index (κ3) is 1.45. The second-order valence-electron chi connectivity index (χ2n) is 4.25. The van der Waals surface area contributed by atoms with E-state index in [-0.39, 0.29) is 0 Å². The van der Waals surface area contributed by atoms with Crippen molar-refractivity contribution in [3.05, 3.63) is 59.9 Å². The van der Waals surface area contributed by atoms with Crippen LogP contribution in [0.2, 0.25) is 0 Å². The summed E-state index contributed by atoms with van der Waals surface area (Å²) in [5, 5.41) is 1.30. The second kappa shape index (κ2) is 3.74. The quantitative estimate of drug-likeness (QED) is 0.614. The molecule has 2 nitrogen and oxygen atoms in total. The monoisotopic (exact) mass is 222 g/mol. The van der Waals surface area contributed by atoms with Gasteiger partial charge in [-0.3, -0.25) is 4.57 Å². The van der Waals surface area contributed by atoms with E-state index in [0.717, 1.165) is 5.82 Å². The van der Waals surface area contributed by atoms with Crippen molar-refractivity contribution in [1.29, 1.82) is 0 Å². The van der Waals surface area contributed by atoms with Crippen LogP contribution in [-0.4, -0.2) is 9.55 Å². The molecule has 1 aromatic carbocycles. The Balaban J connectivity index is 2.41. The largest absolute Gasteiger partial charge is 0.298 e. The van der Waals surface area contributed by atoms with Crippen molar-refractivity contribution in [3.8, 4) is 5.82 Å². The van der Waals surface area contributed by atoms with Gasteiger partial charge in [-0.25, -0.2) is 4.98 Å². The van der Waals surface area contributed by atoms with Gasteiger partial charge < -0.3 is 0 Å². The normalized spacial score (nSPS) is 10.9. The molecule has 2 aromatic heterocycles. The van der Waals surface area contributed by atoms with Crippen molar-refractivity contribution < 1.29 is 0 Å². The van der Waals surface area contributed by atoms with Crippen molar-refractivity contribution in [2.75, 3.05) is 0 Å². The summed E-state index contributed by atoms with van der Waals surface area (Å²) in [5.74, 6) is 0.981. The molecule has 0 fully saturated rings. The van der Waals surface area contributed by atoms with E-state index >= 15 is 0 Å². The second-order valence-corrected chi connectivity index (χ2v) is 4.25. The van der Waals surface area contributed by atoms with Gasteiger partial charge in [-0.05, 0) is 37.6 Å². The Bertz CT molecular complexity index is 666. The Morgan fingerprint density at radius 1 is 0.941 bits per heavy atom. The van der Waals surface area contributed by atoms with Crippen LogP contribution in [0.1, 0.15) is 11.3 Å². The Morgan fingerprint density at radius 3 is 2.47 bits per heavy atom. The molecule has 0 N–H and O–H groups in total. The highest BCUT2D eigenvalue weighted by atomic mass is 15.1. The maximum absolute atomic E-state index is 4.44. The van der Waals surface area contributed by atoms with Crippen LogP contribution < -0.4 is 0 Å². The minimum absolute atomic E-state index is 0.981. The lowest BCUT2D eigenvalue weighted by Gasteiger charge is -2.06. The van der Waals surface area contributed by atoms with E-state index in [1.807, 2.05) is 24.4 Å². The van der Waals surface area contributed by atoms with E-state index in [0.29, 0.717) is 0 Å². The van der Waals surface area contributed by atoms with Gasteiger partial charge in [0.15, 0.2) is 0 Å². The number of aryl methyl sites for hydroxylation is 1. The molecule has 0 unspecified atom stereocenters. The summed E-state index contributed by atoms with van der Waals surface area (Å²) in [5.41, 5.74) is 3.80. The van der Waals surface area contributed by atoms with E-state index in [2.05, 4.69) is 47.7 Å². The fourth-order valence-electron chi connectivity index (χ4n) is 2.31. The van der Waals surface area contributed by atoms with Gasteiger partial charge >= 0.3 is 0 Å². The molecule has 0 bridgehead atoms. The number of fused-ring (bicyclic) bond motifs is 1. The van der Waals surface area contributed by atoms with Gasteiger partial charge in [-0.15, -0.1) is 0 Å².